The number of nitrogens with one attached hydrogen (secondary N) is 2. The summed E-state index contributed by atoms with van der Waals surface area (Å²) in [6, 6.07) is 13.0. The van der Waals surface area contributed by atoms with Crippen molar-refractivity contribution >= 4 is 33.1 Å². The van der Waals surface area contributed by atoms with Crippen molar-refractivity contribution in [2.75, 3.05) is 7.11 Å². The molecule has 0 aliphatic carbocycles. The molecule has 1 aromatic carbocycles. The van der Waals surface area contributed by atoms with Gasteiger partial charge in [-0.15, -0.1) is 0 Å². The topological polar surface area (TPSA) is 69.8 Å². The minimum Gasteiger partial charge on any atom is -0.481 e. The number of allylic oxidation sites excluding steroid dienone is 6. The van der Waals surface area contributed by atoms with Gasteiger partial charge in [0.05, 0.1) is 24.1 Å². The van der Waals surface area contributed by atoms with Crippen molar-refractivity contribution in [2.45, 2.75) is 6.92 Å². The maximum atomic E-state index is 8.98. The van der Waals surface area contributed by atoms with Crippen molar-refractivity contribution in [1.82, 2.24) is 4.98 Å². The quantitative estimate of drug-likeness (QED) is 0.319. The van der Waals surface area contributed by atoms with Crippen molar-refractivity contribution < 1.29 is 4.74 Å². The SMILES string of the molecule is C=C\C=C/C(=C\C)C(/C(=N)c1ccccc1Br)=C(/C(=N)OC)c1ccccn1. The molecule has 0 fully saturated rings. The van der Waals surface area contributed by atoms with Crippen LogP contribution in [0.4, 0.5) is 0 Å². The number of benzene rings is 1. The largest absolute Gasteiger partial charge is 0.481 e. The summed E-state index contributed by atoms with van der Waals surface area (Å²) in [4.78, 5) is 4.41. The third kappa shape index (κ3) is 4.81. The molecular weight excluding hydrogens is 414 g/mol. The van der Waals surface area contributed by atoms with E-state index < -0.39 is 0 Å². The number of pyridine rings is 1. The molecule has 1 heterocycles. The number of ether oxygens (including phenoxy) is 1. The summed E-state index contributed by atoms with van der Waals surface area (Å²) in [5.41, 5.74) is 3.30. The average molecular weight is 436 g/mol. The number of hydrogen-bond donors (Lipinski definition) is 2. The molecule has 0 aliphatic rings. The van der Waals surface area contributed by atoms with Crippen LogP contribution in [0.15, 0.2) is 95.2 Å². The lowest BCUT2D eigenvalue weighted by Crippen LogP contribution is -2.15. The maximum Gasteiger partial charge on any atom is 0.215 e. The van der Waals surface area contributed by atoms with E-state index in [-0.39, 0.29) is 11.6 Å². The first-order valence-electron chi connectivity index (χ1n) is 8.63. The van der Waals surface area contributed by atoms with Gasteiger partial charge in [0.1, 0.15) is 0 Å². The van der Waals surface area contributed by atoms with E-state index in [1.807, 2.05) is 55.5 Å². The Kier molecular flexibility index (Phi) is 7.84. The summed E-state index contributed by atoms with van der Waals surface area (Å²) in [6.45, 7) is 5.62. The third-order valence-corrected chi connectivity index (χ3v) is 4.70. The second kappa shape index (κ2) is 10.3. The number of halogens is 1. The van der Waals surface area contributed by atoms with Crippen molar-refractivity contribution in [3.05, 3.63) is 106 Å². The van der Waals surface area contributed by atoms with Crippen molar-refractivity contribution in [1.29, 1.82) is 10.8 Å². The molecule has 2 N–H and O–H groups in total. The summed E-state index contributed by atoms with van der Waals surface area (Å²) in [5, 5.41) is 17.4. The van der Waals surface area contributed by atoms with Gasteiger partial charge in [0.25, 0.3) is 0 Å². The van der Waals surface area contributed by atoms with Gasteiger partial charge in [-0.2, -0.15) is 0 Å². The first kappa shape index (κ1) is 21.3. The highest BCUT2D eigenvalue weighted by Crippen LogP contribution is 2.30. The van der Waals surface area contributed by atoms with Gasteiger partial charge >= 0.3 is 0 Å². The highest BCUT2D eigenvalue weighted by atomic mass is 79.9. The predicted octanol–water partition coefficient (Wildman–Crippen LogP) is 5.98. The van der Waals surface area contributed by atoms with E-state index in [2.05, 4.69) is 27.5 Å². The molecule has 0 atom stereocenters. The summed E-state index contributed by atoms with van der Waals surface area (Å²) in [5.74, 6) is -0.0585. The first-order chi connectivity index (χ1) is 13.5. The second-order valence-electron chi connectivity index (χ2n) is 5.69. The van der Waals surface area contributed by atoms with Crippen molar-refractivity contribution in [2.24, 2.45) is 0 Å². The summed E-state index contributed by atoms with van der Waals surface area (Å²) < 4.78 is 6.06. The van der Waals surface area contributed by atoms with Gasteiger partial charge < -0.3 is 4.74 Å². The molecule has 0 spiro atoms. The summed E-state index contributed by atoms with van der Waals surface area (Å²) in [7, 11) is 1.44. The molecule has 2 rings (SSSR count). The number of hydrogen-bond acceptors (Lipinski definition) is 4. The lowest BCUT2D eigenvalue weighted by Gasteiger charge is -2.18. The molecule has 28 heavy (non-hydrogen) atoms. The zero-order valence-electron chi connectivity index (χ0n) is 15.9. The van der Waals surface area contributed by atoms with Crippen LogP contribution in [0.5, 0.6) is 0 Å². The van der Waals surface area contributed by atoms with Gasteiger partial charge in [0.15, 0.2) is 0 Å². The predicted molar refractivity (Wildman–Crippen MR) is 120 cm³/mol. The van der Waals surface area contributed by atoms with Crippen LogP contribution < -0.4 is 0 Å². The normalized spacial score (nSPS) is 12.5. The average Bonchev–Trinajstić information content (AvgIpc) is 2.73. The van der Waals surface area contributed by atoms with Crippen LogP contribution in [0.2, 0.25) is 0 Å². The smallest absolute Gasteiger partial charge is 0.215 e. The van der Waals surface area contributed by atoms with E-state index >= 15 is 0 Å². The van der Waals surface area contributed by atoms with Crippen LogP contribution in [0, 0.1) is 10.8 Å². The highest BCUT2D eigenvalue weighted by Gasteiger charge is 2.23. The van der Waals surface area contributed by atoms with Crippen LogP contribution in [-0.2, 0) is 4.74 Å². The van der Waals surface area contributed by atoms with Crippen molar-refractivity contribution in [3.8, 4) is 0 Å². The fraction of sp³-hybridized carbons (Fsp3) is 0.0870. The lowest BCUT2D eigenvalue weighted by molar-refractivity contribution is 0.405. The van der Waals surface area contributed by atoms with E-state index in [1.165, 1.54) is 7.11 Å². The Bertz CT molecular complexity index is 972. The van der Waals surface area contributed by atoms with Crippen LogP contribution in [0.3, 0.4) is 0 Å². The second-order valence-corrected chi connectivity index (χ2v) is 6.55. The molecule has 1 aromatic heterocycles. The maximum absolute atomic E-state index is 8.98. The Morgan fingerprint density at radius 3 is 2.43 bits per heavy atom. The van der Waals surface area contributed by atoms with E-state index in [0.717, 1.165) is 10.0 Å². The first-order valence-corrected chi connectivity index (χ1v) is 9.42. The molecule has 142 valence electrons. The zero-order valence-corrected chi connectivity index (χ0v) is 17.5. The van der Waals surface area contributed by atoms with Gasteiger partial charge in [-0.3, -0.25) is 15.8 Å². The van der Waals surface area contributed by atoms with Gasteiger partial charge in [0, 0.05) is 21.8 Å². The Hall–Kier alpha value is -3.05. The monoisotopic (exact) mass is 435 g/mol. The van der Waals surface area contributed by atoms with Crippen molar-refractivity contribution in [3.63, 3.8) is 0 Å². The molecule has 2 aromatic rings. The molecule has 0 radical (unpaired) electrons. The van der Waals surface area contributed by atoms with Crippen LogP contribution >= 0.6 is 15.9 Å². The van der Waals surface area contributed by atoms with E-state index in [4.69, 9.17) is 15.6 Å². The molecule has 0 bridgehead atoms. The molecule has 0 unspecified atom stereocenters. The number of methoxy groups -OCH3 is 1. The Morgan fingerprint density at radius 1 is 1.14 bits per heavy atom. The molecular formula is C23H22BrN3O. The van der Waals surface area contributed by atoms with Crippen LogP contribution in [-0.4, -0.2) is 23.7 Å². The fourth-order valence-corrected chi connectivity index (χ4v) is 3.16. The van der Waals surface area contributed by atoms with Gasteiger partial charge in [0.2, 0.25) is 5.90 Å². The Balaban J connectivity index is 2.88. The van der Waals surface area contributed by atoms with E-state index in [9.17, 15) is 0 Å². The van der Waals surface area contributed by atoms with E-state index in [0.29, 0.717) is 22.4 Å². The minimum absolute atomic E-state index is 0.0585. The number of aromatic nitrogens is 1. The zero-order chi connectivity index (χ0) is 20.5. The summed E-state index contributed by atoms with van der Waals surface area (Å²) in [6.07, 6.45) is 8.89. The Labute approximate surface area is 174 Å². The van der Waals surface area contributed by atoms with Gasteiger partial charge in [-0.25, -0.2) is 0 Å². The Morgan fingerprint density at radius 2 is 1.86 bits per heavy atom. The van der Waals surface area contributed by atoms with Crippen LogP contribution in [0.25, 0.3) is 5.57 Å². The molecule has 0 saturated heterocycles. The fourth-order valence-electron chi connectivity index (χ4n) is 2.68. The van der Waals surface area contributed by atoms with Crippen LogP contribution in [0.1, 0.15) is 18.2 Å². The van der Waals surface area contributed by atoms with Gasteiger partial charge in [-0.05, 0) is 30.7 Å². The lowest BCUT2D eigenvalue weighted by atomic mass is 9.89. The molecule has 4 nitrogen and oxygen atoms in total. The number of nitrogens with zero attached hydrogens (tertiary/aromatic N) is 1. The highest BCUT2D eigenvalue weighted by molar-refractivity contribution is 9.10. The molecule has 0 saturated carbocycles. The molecule has 0 amide bonds. The number of rotatable bonds is 7. The third-order valence-electron chi connectivity index (χ3n) is 4.01. The van der Waals surface area contributed by atoms with Gasteiger partial charge in [-0.1, -0.05) is 71.1 Å². The van der Waals surface area contributed by atoms with E-state index in [1.54, 1.807) is 24.4 Å². The summed E-state index contributed by atoms with van der Waals surface area (Å²) >= 11 is 3.53. The molecule has 0 aliphatic heterocycles. The minimum atomic E-state index is -0.0585. The molecule has 5 heteroatoms. The standard InChI is InChI=1S/C23H22BrN3O/c1-4-6-11-16(5-2)20(22(25)17-12-7-8-13-18(17)24)21(23(26)28-3)19-14-9-10-15-27-19/h4-15,25-26H,1H2,2-3H3/b11-6-,16-5+,21-20-,25-22?,26-23?.